The summed E-state index contributed by atoms with van der Waals surface area (Å²) in [6.07, 6.45) is 10.1. The minimum atomic E-state index is 0.755. The largest absolute Gasteiger partial charge is 0.314 e. The van der Waals surface area contributed by atoms with Gasteiger partial charge in [0.2, 0.25) is 0 Å². The summed E-state index contributed by atoms with van der Waals surface area (Å²) in [5.74, 6) is 1.04. The van der Waals surface area contributed by atoms with E-state index in [1.54, 1.807) is 0 Å². The maximum absolute atomic E-state index is 3.78. The van der Waals surface area contributed by atoms with Crippen LogP contribution in [0.15, 0.2) is 12.7 Å². The van der Waals surface area contributed by atoms with E-state index in [0.29, 0.717) is 0 Å². The number of allylic oxidation sites excluding steroid dienone is 1. The Kier molecular flexibility index (Phi) is 5.14. The Balaban J connectivity index is 2.11. The first-order chi connectivity index (χ1) is 6.36. The highest BCUT2D eigenvalue weighted by Gasteiger charge is 2.24. The van der Waals surface area contributed by atoms with E-state index in [-0.39, 0.29) is 0 Å². The Morgan fingerprint density at radius 1 is 1.54 bits per heavy atom. The molecule has 0 heterocycles. The minimum absolute atomic E-state index is 0.755. The average Bonchev–Trinajstić information content (AvgIpc) is 2.93. The Morgan fingerprint density at radius 2 is 2.31 bits per heavy atom. The topological polar surface area (TPSA) is 12.0 Å². The van der Waals surface area contributed by atoms with Gasteiger partial charge in [-0.2, -0.15) is 0 Å². The fourth-order valence-electron chi connectivity index (χ4n) is 1.73. The molecule has 1 nitrogen and oxygen atoms in total. The van der Waals surface area contributed by atoms with E-state index < -0.39 is 0 Å². The van der Waals surface area contributed by atoms with Crippen molar-refractivity contribution in [3.05, 3.63) is 12.7 Å². The minimum Gasteiger partial charge on any atom is -0.314 e. The summed E-state index contributed by atoms with van der Waals surface area (Å²) in [6.45, 7) is 7.19. The number of rotatable bonds is 8. The van der Waals surface area contributed by atoms with Crippen LogP contribution in [-0.4, -0.2) is 12.6 Å². The molecule has 1 aliphatic carbocycles. The van der Waals surface area contributed by atoms with Gasteiger partial charge in [-0.3, -0.25) is 0 Å². The quantitative estimate of drug-likeness (QED) is 0.567. The second-order valence-corrected chi connectivity index (χ2v) is 4.20. The molecule has 1 aliphatic rings. The molecule has 1 saturated carbocycles. The van der Waals surface area contributed by atoms with E-state index in [2.05, 4.69) is 18.8 Å². The zero-order valence-electron chi connectivity index (χ0n) is 8.89. The summed E-state index contributed by atoms with van der Waals surface area (Å²) < 4.78 is 0. The Morgan fingerprint density at radius 3 is 2.85 bits per heavy atom. The van der Waals surface area contributed by atoms with E-state index in [4.69, 9.17) is 0 Å². The smallest absolute Gasteiger partial charge is 0.00726 e. The summed E-state index contributed by atoms with van der Waals surface area (Å²) in [5.41, 5.74) is 0. The molecule has 76 valence electrons. The molecule has 0 bridgehead atoms. The SMILES string of the molecule is C=CCCC(CC1CC1)NCCC. The van der Waals surface area contributed by atoms with E-state index in [1.807, 2.05) is 6.08 Å². The van der Waals surface area contributed by atoms with E-state index in [1.165, 1.54) is 38.6 Å². The van der Waals surface area contributed by atoms with E-state index in [9.17, 15) is 0 Å². The van der Waals surface area contributed by atoms with Crippen molar-refractivity contribution in [2.75, 3.05) is 6.54 Å². The van der Waals surface area contributed by atoms with Gasteiger partial charge in [0.05, 0.1) is 0 Å². The average molecular weight is 181 g/mol. The van der Waals surface area contributed by atoms with Gasteiger partial charge in [-0.05, 0) is 38.1 Å². The molecule has 0 aromatic heterocycles. The normalized spacial score (nSPS) is 18.5. The third kappa shape index (κ3) is 5.09. The Hall–Kier alpha value is -0.300. The van der Waals surface area contributed by atoms with Crippen LogP contribution in [-0.2, 0) is 0 Å². The van der Waals surface area contributed by atoms with Crippen LogP contribution in [0.5, 0.6) is 0 Å². The Labute approximate surface area is 82.6 Å². The molecule has 0 aliphatic heterocycles. The number of hydrogen-bond acceptors (Lipinski definition) is 1. The zero-order chi connectivity index (χ0) is 9.52. The van der Waals surface area contributed by atoms with Crippen LogP contribution < -0.4 is 5.32 Å². The molecular formula is C12H23N. The molecule has 0 radical (unpaired) electrons. The van der Waals surface area contributed by atoms with Crippen LogP contribution in [0.4, 0.5) is 0 Å². The second-order valence-electron chi connectivity index (χ2n) is 4.20. The van der Waals surface area contributed by atoms with Gasteiger partial charge in [0.25, 0.3) is 0 Å². The monoisotopic (exact) mass is 181 g/mol. The van der Waals surface area contributed by atoms with Crippen LogP contribution in [0, 0.1) is 5.92 Å². The predicted octanol–water partition coefficient (Wildman–Crippen LogP) is 3.12. The lowest BCUT2D eigenvalue weighted by molar-refractivity contribution is 0.435. The molecule has 1 heteroatoms. The third-order valence-electron chi connectivity index (χ3n) is 2.72. The van der Waals surface area contributed by atoms with Crippen LogP contribution in [0.3, 0.4) is 0 Å². The summed E-state index contributed by atoms with van der Waals surface area (Å²) >= 11 is 0. The highest BCUT2D eigenvalue weighted by molar-refractivity contribution is 4.82. The number of hydrogen-bond donors (Lipinski definition) is 1. The fraction of sp³-hybridized carbons (Fsp3) is 0.833. The third-order valence-corrected chi connectivity index (χ3v) is 2.72. The summed E-state index contributed by atoms with van der Waals surface area (Å²) in [6, 6.07) is 0.755. The van der Waals surface area contributed by atoms with Gasteiger partial charge in [-0.1, -0.05) is 25.8 Å². The molecule has 1 N–H and O–H groups in total. The summed E-state index contributed by atoms with van der Waals surface area (Å²) in [5, 5.41) is 3.63. The van der Waals surface area contributed by atoms with Crippen molar-refractivity contribution in [1.82, 2.24) is 5.32 Å². The van der Waals surface area contributed by atoms with Crippen molar-refractivity contribution in [2.45, 2.75) is 51.5 Å². The van der Waals surface area contributed by atoms with Crippen molar-refractivity contribution in [3.63, 3.8) is 0 Å². The van der Waals surface area contributed by atoms with E-state index >= 15 is 0 Å². The van der Waals surface area contributed by atoms with Gasteiger partial charge in [0.1, 0.15) is 0 Å². The maximum Gasteiger partial charge on any atom is 0.00726 e. The summed E-state index contributed by atoms with van der Waals surface area (Å²) in [7, 11) is 0. The Bertz CT molecular complexity index is 138. The zero-order valence-corrected chi connectivity index (χ0v) is 8.89. The van der Waals surface area contributed by atoms with Gasteiger partial charge >= 0.3 is 0 Å². The first-order valence-electron chi connectivity index (χ1n) is 5.71. The molecule has 1 rings (SSSR count). The first-order valence-corrected chi connectivity index (χ1v) is 5.71. The van der Waals surface area contributed by atoms with Crippen molar-refractivity contribution < 1.29 is 0 Å². The van der Waals surface area contributed by atoms with Gasteiger partial charge in [0, 0.05) is 6.04 Å². The van der Waals surface area contributed by atoms with Crippen LogP contribution in [0.1, 0.15) is 45.4 Å². The molecular weight excluding hydrogens is 158 g/mol. The van der Waals surface area contributed by atoms with Gasteiger partial charge in [0.15, 0.2) is 0 Å². The van der Waals surface area contributed by atoms with Crippen molar-refractivity contribution in [3.8, 4) is 0 Å². The molecule has 0 saturated heterocycles. The molecule has 1 unspecified atom stereocenters. The molecule has 13 heavy (non-hydrogen) atoms. The van der Waals surface area contributed by atoms with Crippen LogP contribution in [0.2, 0.25) is 0 Å². The van der Waals surface area contributed by atoms with Crippen molar-refractivity contribution in [2.24, 2.45) is 5.92 Å². The number of nitrogens with one attached hydrogen (secondary N) is 1. The van der Waals surface area contributed by atoms with Crippen molar-refractivity contribution in [1.29, 1.82) is 0 Å². The molecule has 0 amide bonds. The fourth-order valence-corrected chi connectivity index (χ4v) is 1.73. The lowest BCUT2D eigenvalue weighted by Gasteiger charge is -2.17. The van der Waals surface area contributed by atoms with Crippen LogP contribution >= 0.6 is 0 Å². The van der Waals surface area contributed by atoms with Gasteiger partial charge in [-0.25, -0.2) is 0 Å². The van der Waals surface area contributed by atoms with Gasteiger partial charge in [-0.15, -0.1) is 6.58 Å². The molecule has 0 spiro atoms. The molecule has 1 atom stereocenters. The first kappa shape index (κ1) is 10.8. The highest BCUT2D eigenvalue weighted by atomic mass is 14.9. The standard InChI is InChI=1S/C12H23N/c1-3-5-6-12(13-9-4-2)10-11-7-8-11/h3,11-13H,1,4-10H2,2H3. The van der Waals surface area contributed by atoms with Crippen LogP contribution in [0.25, 0.3) is 0 Å². The molecule has 0 aromatic carbocycles. The lowest BCUT2D eigenvalue weighted by Crippen LogP contribution is -2.30. The summed E-state index contributed by atoms with van der Waals surface area (Å²) in [4.78, 5) is 0. The highest BCUT2D eigenvalue weighted by Crippen LogP contribution is 2.34. The van der Waals surface area contributed by atoms with E-state index in [0.717, 1.165) is 18.4 Å². The lowest BCUT2D eigenvalue weighted by atomic mass is 10.0. The van der Waals surface area contributed by atoms with Gasteiger partial charge < -0.3 is 5.32 Å². The molecule has 1 fully saturated rings. The predicted molar refractivity (Wildman–Crippen MR) is 58.9 cm³/mol. The maximum atomic E-state index is 3.78. The second kappa shape index (κ2) is 6.20. The molecule has 0 aromatic rings. The van der Waals surface area contributed by atoms with Crippen molar-refractivity contribution >= 4 is 0 Å².